The fourth-order valence-corrected chi connectivity index (χ4v) is 1.56. The molecule has 2 N–H and O–H groups in total. The smallest absolute Gasteiger partial charge is 0.337 e. The van der Waals surface area contributed by atoms with Gasteiger partial charge in [-0.3, -0.25) is 0 Å². The van der Waals surface area contributed by atoms with Crippen molar-refractivity contribution in [1.82, 2.24) is 0 Å². The van der Waals surface area contributed by atoms with Crippen LogP contribution in [0.15, 0.2) is 29.3 Å². The van der Waals surface area contributed by atoms with Crippen LogP contribution in [0.25, 0.3) is 0 Å². The van der Waals surface area contributed by atoms with E-state index in [0.717, 1.165) is 11.4 Å². The predicted octanol–water partition coefficient (Wildman–Crippen LogP) is 2.17. The van der Waals surface area contributed by atoms with Crippen LogP contribution in [-0.4, -0.2) is 24.0 Å². The number of carbonyl (C=O) groups is 1. The van der Waals surface area contributed by atoms with E-state index in [-0.39, 0.29) is 5.97 Å². The summed E-state index contributed by atoms with van der Waals surface area (Å²) >= 11 is 1.48. The molecule has 0 saturated heterocycles. The van der Waals surface area contributed by atoms with Gasteiger partial charge in [-0.05, 0) is 30.0 Å². The molecule has 0 amide bonds. The minimum atomic E-state index is -0.355. The molecule has 0 aliphatic rings. The van der Waals surface area contributed by atoms with Gasteiger partial charge in [0.15, 0.2) is 5.17 Å². The lowest BCUT2D eigenvalue weighted by Gasteiger charge is -2.00. The second kappa shape index (κ2) is 6.17. The number of nitrogens with zero attached hydrogens (tertiary/aromatic N) is 1. The average Bonchev–Trinajstić information content (AvgIpc) is 2.29. The van der Waals surface area contributed by atoms with Crippen LogP contribution in [0, 0.1) is 0 Å². The highest BCUT2D eigenvalue weighted by Gasteiger charge is 2.03. The summed E-state index contributed by atoms with van der Waals surface area (Å²) in [6.07, 6.45) is 0. The van der Waals surface area contributed by atoms with Gasteiger partial charge in [0, 0.05) is 0 Å². The third kappa shape index (κ3) is 3.58. The number of ether oxygens (including phenoxy) is 1. The molecule has 0 spiro atoms. The van der Waals surface area contributed by atoms with Crippen LogP contribution in [0.4, 0.5) is 5.69 Å². The Bertz CT molecular complexity index is 387. The maximum atomic E-state index is 11.2. The molecule has 0 aliphatic carbocycles. The van der Waals surface area contributed by atoms with E-state index in [1.807, 2.05) is 6.92 Å². The molecule has 0 heterocycles. The van der Waals surface area contributed by atoms with Crippen LogP contribution in [0.3, 0.4) is 0 Å². The molecule has 0 unspecified atom stereocenters. The van der Waals surface area contributed by atoms with Crippen molar-refractivity contribution in [3.05, 3.63) is 29.8 Å². The van der Waals surface area contributed by atoms with E-state index in [9.17, 15) is 4.79 Å². The fraction of sp³-hybridized carbons (Fsp3) is 0.273. The standard InChI is InChI=1S/C11H14N2O2S/c1-3-16-11(12)13-9-6-4-8(5-7-9)10(14)15-2/h4-7H,3H2,1-2H3,(H2,12,13). The predicted molar refractivity (Wildman–Crippen MR) is 67.2 cm³/mol. The number of amidine groups is 1. The topological polar surface area (TPSA) is 64.7 Å². The van der Waals surface area contributed by atoms with Gasteiger partial charge in [0.2, 0.25) is 0 Å². The Morgan fingerprint density at radius 2 is 2.06 bits per heavy atom. The quantitative estimate of drug-likeness (QED) is 0.498. The Morgan fingerprint density at radius 1 is 1.44 bits per heavy atom. The molecule has 0 bridgehead atoms. The fourth-order valence-electron chi connectivity index (χ4n) is 1.10. The number of esters is 1. The molecule has 0 fully saturated rings. The summed E-state index contributed by atoms with van der Waals surface area (Å²) < 4.78 is 4.59. The first-order valence-corrected chi connectivity index (χ1v) is 5.81. The molecule has 5 heteroatoms. The molecule has 0 radical (unpaired) electrons. The van der Waals surface area contributed by atoms with Crippen LogP contribution in [-0.2, 0) is 4.74 Å². The maximum Gasteiger partial charge on any atom is 0.337 e. The third-order valence-electron chi connectivity index (χ3n) is 1.82. The number of rotatable bonds is 3. The van der Waals surface area contributed by atoms with Gasteiger partial charge in [0.1, 0.15) is 0 Å². The largest absolute Gasteiger partial charge is 0.465 e. The molecule has 0 saturated carbocycles. The highest BCUT2D eigenvalue weighted by molar-refractivity contribution is 8.13. The Balaban J connectivity index is 2.79. The number of benzene rings is 1. The van der Waals surface area contributed by atoms with Gasteiger partial charge in [0.25, 0.3) is 0 Å². The molecular formula is C11H14N2O2S. The van der Waals surface area contributed by atoms with Crippen LogP contribution >= 0.6 is 11.8 Å². The molecule has 0 aliphatic heterocycles. The number of hydrogen-bond acceptors (Lipinski definition) is 4. The zero-order chi connectivity index (χ0) is 12.0. The van der Waals surface area contributed by atoms with E-state index in [4.69, 9.17) is 5.73 Å². The summed E-state index contributed by atoms with van der Waals surface area (Å²) in [4.78, 5) is 15.3. The summed E-state index contributed by atoms with van der Waals surface area (Å²) in [5.41, 5.74) is 6.89. The van der Waals surface area contributed by atoms with Crippen molar-refractivity contribution < 1.29 is 9.53 Å². The lowest BCUT2D eigenvalue weighted by atomic mass is 10.2. The molecular weight excluding hydrogens is 224 g/mol. The van der Waals surface area contributed by atoms with Gasteiger partial charge >= 0.3 is 5.97 Å². The van der Waals surface area contributed by atoms with Crippen LogP contribution in [0.2, 0.25) is 0 Å². The van der Waals surface area contributed by atoms with Crippen molar-refractivity contribution in [3.63, 3.8) is 0 Å². The summed E-state index contributed by atoms with van der Waals surface area (Å²) in [5.74, 6) is 0.529. The van der Waals surface area contributed by atoms with Gasteiger partial charge in [0.05, 0.1) is 18.4 Å². The Hall–Kier alpha value is -1.49. The summed E-state index contributed by atoms with van der Waals surface area (Å²) in [7, 11) is 1.35. The van der Waals surface area contributed by atoms with Gasteiger partial charge < -0.3 is 10.5 Å². The minimum Gasteiger partial charge on any atom is -0.465 e. The molecule has 4 nitrogen and oxygen atoms in total. The first-order valence-electron chi connectivity index (χ1n) is 4.82. The third-order valence-corrected chi connectivity index (χ3v) is 2.50. The normalized spacial score (nSPS) is 11.2. The van der Waals surface area contributed by atoms with Crippen LogP contribution in [0.5, 0.6) is 0 Å². The second-order valence-electron chi connectivity index (χ2n) is 2.92. The Morgan fingerprint density at radius 3 is 2.56 bits per heavy atom. The maximum absolute atomic E-state index is 11.2. The zero-order valence-corrected chi connectivity index (χ0v) is 10.1. The van der Waals surface area contributed by atoms with Gasteiger partial charge in [-0.1, -0.05) is 18.7 Å². The van der Waals surface area contributed by atoms with Gasteiger partial charge in [-0.15, -0.1) is 0 Å². The summed E-state index contributed by atoms with van der Waals surface area (Å²) in [6, 6.07) is 6.79. The minimum absolute atomic E-state index is 0.355. The number of aliphatic imine (C=N–C) groups is 1. The number of methoxy groups -OCH3 is 1. The van der Waals surface area contributed by atoms with Crippen molar-refractivity contribution >= 4 is 28.6 Å². The van der Waals surface area contributed by atoms with E-state index >= 15 is 0 Å². The molecule has 0 aromatic heterocycles. The van der Waals surface area contributed by atoms with Crippen molar-refractivity contribution in [2.24, 2.45) is 10.7 Å². The van der Waals surface area contributed by atoms with Crippen molar-refractivity contribution in [2.45, 2.75) is 6.92 Å². The van der Waals surface area contributed by atoms with Crippen LogP contribution in [0.1, 0.15) is 17.3 Å². The zero-order valence-electron chi connectivity index (χ0n) is 9.27. The highest BCUT2D eigenvalue weighted by atomic mass is 32.2. The van der Waals surface area contributed by atoms with Crippen molar-refractivity contribution in [1.29, 1.82) is 0 Å². The van der Waals surface area contributed by atoms with Gasteiger partial charge in [-0.25, -0.2) is 9.79 Å². The molecule has 86 valence electrons. The van der Waals surface area contributed by atoms with Gasteiger partial charge in [-0.2, -0.15) is 0 Å². The van der Waals surface area contributed by atoms with Crippen LogP contribution < -0.4 is 5.73 Å². The highest BCUT2D eigenvalue weighted by Crippen LogP contribution is 2.15. The molecule has 1 rings (SSSR count). The molecule has 0 atom stereocenters. The van der Waals surface area contributed by atoms with E-state index in [1.165, 1.54) is 18.9 Å². The number of hydrogen-bond donors (Lipinski definition) is 1. The Labute approximate surface area is 98.9 Å². The average molecular weight is 238 g/mol. The number of nitrogens with two attached hydrogens (primary N) is 1. The summed E-state index contributed by atoms with van der Waals surface area (Å²) in [6.45, 7) is 2.01. The molecule has 16 heavy (non-hydrogen) atoms. The number of thioether (sulfide) groups is 1. The lowest BCUT2D eigenvalue weighted by Crippen LogP contribution is -2.05. The van der Waals surface area contributed by atoms with E-state index in [2.05, 4.69) is 9.73 Å². The first kappa shape index (κ1) is 12.6. The van der Waals surface area contributed by atoms with E-state index in [1.54, 1.807) is 24.3 Å². The molecule has 1 aromatic rings. The number of carbonyl (C=O) groups excluding carboxylic acids is 1. The van der Waals surface area contributed by atoms with E-state index in [0.29, 0.717) is 10.7 Å². The SMILES string of the molecule is CCSC(N)=Nc1ccc(C(=O)OC)cc1. The summed E-state index contributed by atoms with van der Waals surface area (Å²) in [5, 5.41) is 0.522. The molecule has 1 aromatic carbocycles. The van der Waals surface area contributed by atoms with Crippen molar-refractivity contribution in [3.8, 4) is 0 Å². The lowest BCUT2D eigenvalue weighted by molar-refractivity contribution is 0.0601. The van der Waals surface area contributed by atoms with E-state index < -0.39 is 0 Å². The van der Waals surface area contributed by atoms with Crippen molar-refractivity contribution in [2.75, 3.05) is 12.9 Å². The monoisotopic (exact) mass is 238 g/mol. The Kier molecular flexibility index (Phi) is 4.85. The first-order chi connectivity index (χ1) is 7.67. The second-order valence-corrected chi connectivity index (χ2v) is 4.21.